The van der Waals surface area contributed by atoms with Gasteiger partial charge in [0.05, 0.1) is 0 Å². The summed E-state index contributed by atoms with van der Waals surface area (Å²) in [6.45, 7) is 5.98. The molecule has 2 heteroatoms. The van der Waals surface area contributed by atoms with Crippen molar-refractivity contribution in [2.24, 2.45) is 5.92 Å². The lowest BCUT2D eigenvalue weighted by Gasteiger charge is -2.32. The highest BCUT2D eigenvalue weighted by Crippen LogP contribution is 2.19. The van der Waals surface area contributed by atoms with Crippen molar-refractivity contribution in [3.8, 4) is 5.75 Å². The third-order valence-electron chi connectivity index (χ3n) is 3.83. The van der Waals surface area contributed by atoms with E-state index in [-0.39, 0.29) is 0 Å². The molecule has 1 heterocycles. The van der Waals surface area contributed by atoms with Crippen LogP contribution in [0.15, 0.2) is 24.3 Å². The summed E-state index contributed by atoms with van der Waals surface area (Å²) >= 11 is 0. The predicted octanol–water partition coefficient (Wildman–Crippen LogP) is 3.06. The van der Waals surface area contributed by atoms with Gasteiger partial charge in [0.2, 0.25) is 0 Å². The van der Waals surface area contributed by atoms with Gasteiger partial charge >= 0.3 is 0 Å². The number of nitrogens with zero attached hydrogens (tertiary/aromatic N) is 1. The highest BCUT2D eigenvalue weighted by atomic mass is 16.3. The lowest BCUT2D eigenvalue weighted by molar-refractivity contribution is 0.173. The number of phenolic OH excluding ortho intramolecular Hbond substituents is 1. The van der Waals surface area contributed by atoms with Crippen LogP contribution in [0.5, 0.6) is 5.75 Å². The number of hydrogen-bond acceptors (Lipinski definition) is 2. The molecule has 0 bridgehead atoms. The van der Waals surface area contributed by atoms with Crippen LogP contribution in [0.4, 0.5) is 0 Å². The first-order valence-electron chi connectivity index (χ1n) is 6.78. The van der Waals surface area contributed by atoms with Crippen LogP contribution in [-0.4, -0.2) is 29.6 Å². The fourth-order valence-corrected chi connectivity index (χ4v) is 2.64. The molecule has 1 atom stereocenters. The van der Waals surface area contributed by atoms with Gasteiger partial charge in [-0.05, 0) is 49.4 Å². The van der Waals surface area contributed by atoms with Crippen LogP contribution < -0.4 is 0 Å². The molecule has 0 aromatic heterocycles. The number of rotatable bonds is 4. The Labute approximate surface area is 104 Å². The minimum absolute atomic E-state index is 0.359. The van der Waals surface area contributed by atoms with Crippen molar-refractivity contribution in [2.45, 2.75) is 32.6 Å². The summed E-state index contributed by atoms with van der Waals surface area (Å²) in [6.07, 6.45) is 5.17. The van der Waals surface area contributed by atoms with Crippen molar-refractivity contribution >= 4 is 0 Å². The maximum Gasteiger partial charge on any atom is 0.115 e. The normalized spacial score (nSPS) is 21.6. The highest BCUT2D eigenvalue weighted by molar-refractivity contribution is 5.25. The molecule has 1 aliphatic heterocycles. The Bertz CT molecular complexity index is 333. The first-order valence-corrected chi connectivity index (χ1v) is 6.78. The van der Waals surface area contributed by atoms with Gasteiger partial charge in [0.1, 0.15) is 5.75 Å². The second-order valence-electron chi connectivity index (χ2n) is 5.13. The molecule has 1 saturated heterocycles. The second kappa shape index (κ2) is 6.06. The Morgan fingerprint density at radius 3 is 2.76 bits per heavy atom. The monoisotopic (exact) mass is 233 g/mol. The standard InChI is InChI=1S/C15H23NO/c1-2-13-4-3-10-16(12-13)11-9-14-5-7-15(17)8-6-14/h5-8,13,17H,2-4,9-12H2,1H3. The van der Waals surface area contributed by atoms with Crippen molar-refractivity contribution < 1.29 is 5.11 Å². The van der Waals surface area contributed by atoms with Gasteiger partial charge in [-0.25, -0.2) is 0 Å². The fourth-order valence-electron chi connectivity index (χ4n) is 2.64. The maximum absolute atomic E-state index is 9.23. The minimum Gasteiger partial charge on any atom is -0.508 e. The molecule has 0 aliphatic carbocycles. The molecule has 0 radical (unpaired) electrons. The van der Waals surface area contributed by atoms with E-state index >= 15 is 0 Å². The van der Waals surface area contributed by atoms with Gasteiger partial charge in [-0.15, -0.1) is 0 Å². The molecule has 1 aromatic carbocycles. The van der Waals surface area contributed by atoms with Gasteiger partial charge in [0.15, 0.2) is 0 Å². The van der Waals surface area contributed by atoms with E-state index in [1.54, 1.807) is 12.1 Å². The SMILES string of the molecule is CCC1CCCN(CCc2ccc(O)cc2)C1. The molecule has 17 heavy (non-hydrogen) atoms. The summed E-state index contributed by atoms with van der Waals surface area (Å²) in [5.74, 6) is 1.27. The number of benzene rings is 1. The summed E-state index contributed by atoms with van der Waals surface area (Å²) in [5, 5.41) is 9.23. The Morgan fingerprint density at radius 2 is 2.06 bits per heavy atom. The first kappa shape index (κ1) is 12.4. The van der Waals surface area contributed by atoms with Crippen molar-refractivity contribution in [3.05, 3.63) is 29.8 Å². The molecular formula is C15H23NO. The average Bonchev–Trinajstić information content (AvgIpc) is 2.38. The lowest BCUT2D eigenvalue weighted by atomic mass is 9.95. The number of phenols is 1. The van der Waals surface area contributed by atoms with Gasteiger partial charge in [0.25, 0.3) is 0 Å². The largest absolute Gasteiger partial charge is 0.508 e. The van der Waals surface area contributed by atoms with E-state index in [9.17, 15) is 5.11 Å². The molecule has 2 rings (SSSR count). The van der Waals surface area contributed by atoms with Crippen molar-refractivity contribution in [1.29, 1.82) is 0 Å². The van der Waals surface area contributed by atoms with Crippen molar-refractivity contribution in [1.82, 2.24) is 4.90 Å². The van der Waals surface area contributed by atoms with Gasteiger partial charge in [0, 0.05) is 13.1 Å². The number of hydrogen-bond donors (Lipinski definition) is 1. The van der Waals surface area contributed by atoms with Gasteiger partial charge in [-0.2, -0.15) is 0 Å². The van der Waals surface area contributed by atoms with E-state index in [0.717, 1.165) is 18.9 Å². The molecule has 1 aliphatic rings. The van der Waals surface area contributed by atoms with Crippen molar-refractivity contribution in [3.63, 3.8) is 0 Å². The molecular weight excluding hydrogens is 210 g/mol. The third-order valence-corrected chi connectivity index (χ3v) is 3.83. The van der Waals surface area contributed by atoms with E-state index in [4.69, 9.17) is 0 Å². The lowest BCUT2D eigenvalue weighted by Crippen LogP contribution is -2.36. The van der Waals surface area contributed by atoms with E-state index in [1.165, 1.54) is 37.9 Å². The van der Waals surface area contributed by atoms with E-state index in [0.29, 0.717) is 5.75 Å². The zero-order chi connectivity index (χ0) is 12.1. The van der Waals surface area contributed by atoms with Crippen LogP contribution in [0.3, 0.4) is 0 Å². The number of likely N-dealkylation sites (tertiary alicyclic amines) is 1. The van der Waals surface area contributed by atoms with Crippen molar-refractivity contribution in [2.75, 3.05) is 19.6 Å². The van der Waals surface area contributed by atoms with E-state index < -0.39 is 0 Å². The summed E-state index contributed by atoms with van der Waals surface area (Å²) in [4.78, 5) is 2.59. The van der Waals surface area contributed by atoms with Crippen LogP contribution >= 0.6 is 0 Å². The van der Waals surface area contributed by atoms with Crippen LogP contribution in [0.1, 0.15) is 31.7 Å². The molecule has 94 valence electrons. The van der Waals surface area contributed by atoms with Crippen LogP contribution in [-0.2, 0) is 6.42 Å². The van der Waals surface area contributed by atoms with Crippen LogP contribution in [0.25, 0.3) is 0 Å². The van der Waals surface area contributed by atoms with Gasteiger partial charge < -0.3 is 10.0 Å². The molecule has 0 spiro atoms. The molecule has 1 fully saturated rings. The summed E-state index contributed by atoms with van der Waals surface area (Å²) in [5.41, 5.74) is 1.32. The fraction of sp³-hybridized carbons (Fsp3) is 0.600. The Kier molecular flexibility index (Phi) is 4.43. The molecule has 1 aromatic rings. The highest BCUT2D eigenvalue weighted by Gasteiger charge is 2.17. The summed E-state index contributed by atoms with van der Waals surface area (Å²) in [6, 6.07) is 7.61. The minimum atomic E-state index is 0.359. The zero-order valence-corrected chi connectivity index (χ0v) is 10.7. The number of piperidine rings is 1. The molecule has 0 saturated carbocycles. The molecule has 1 N–H and O–H groups in total. The Hall–Kier alpha value is -1.02. The summed E-state index contributed by atoms with van der Waals surface area (Å²) in [7, 11) is 0. The quantitative estimate of drug-likeness (QED) is 0.864. The van der Waals surface area contributed by atoms with E-state index in [1.807, 2.05) is 12.1 Å². The topological polar surface area (TPSA) is 23.5 Å². The predicted molar refractivity (Wildman–Crippen MR) is 71.3 cm³/mol. The van der Waals surface area contributed by atoms with Gasteiger partial charge in [-0.3, -0.25) is 0 Å². The molecule has 2 nitrogen and oxygen atoms in total. The summed E-state index contributed by atoms with van der Waals surface area (Å²) < 4.78 is 0. The van der Waals surface area contributed by atoms with Gasteiger partial charge in [-0.1, -0.05) is 25.5 Å². The van der Waals surface area contributed by atoms with Crippen LogP contribution in [0, 0.1) is 5.92 Å². The molecule has 1 unspecified atom stereocenters. The number of aromatic hydroxyl groups is 1. The second-order valence-corrected chi connectivity index (χ2v) is 5.13. The van der Waals surface area contributed by atoms with Crippen LogP contribution in [0.2, 0.25) is 0 Å². The first-order chi connectivity index (χ1) is 8.28. The maximum atomic E-state index is 9.23. The molecule has 0 amide bonds. The smallest absolute Gasteiger partial charge is 0.115 e. The van der Waals surface area contributed by atoms with E-state index in [2.05, 4.69) is 11.8 Å². The Morgan fingerprint density at radius 1 is 1.29 bits per heavy atom. The average molecular weight is 233 g/mol. The third kappa shape index (κ3) is 3.74. The zero-order valence-electron chi connectivity index (χ0n) is 10.7. The Balaban J connectivity index is 1.79.